The molecule has 0 saturated heterocycles. The molecular weight excluding hydrogens is 466 g/mol. The zero-order valence-corrected chi connectivity index (χ0v) is 19.1. The SMILES string of the molecule is FC1=C(F)CC(OC(F)(F)c2c(F)cc(-c3ccc(C4CCC(C5CCC5)CC4)cc3)cc2F)=C1. The number of hydrogen-bond acceptors (Lipinski definition) is 1. The van der Waals surface area contributed by atoms with Gasteiger partial charge >= 0.3 is 6.11 Å². The number of benzene rings is 2. The molecule has 7 heteroatoms. The van der Waals surface area contributed by atoms with Crippen molar-refractivity contribution >= 4 is 0 Å². The fourth-order valence-electron chi connectivity index (χ4n) is 5.59. The first-order valence-corrected chi connectivity index (χ1v) is 12.1. The Labute approximate surface area is 200 Å². The summed E-state index contributed by atoms with van der Waals surface area (Å²) in [5.41, 5.74) is 0.182. The maximum Gasteiger partial charge on any atom is 0.432 e. The van der Waals surface area contributed by atoms with Crippen molar-refractivity contribution in [2.24, 2.45) is 11.8 Å². The Balaban J connectivity index is 1.29. The Bertz CT molecular complexity index is 1130. The third-order valence-electron chi connectivity index (χ3n) is 7.77. The van der Waals surface area contributed by atoms with Crippen molar-refractivity contribution in [3.8, 4) is 11.1 Å². The van der Waals surface area contributed by atoms with E-state index in [1.54, 1.807) is 12.1 Å². The highest BCUT2D eigenvalue weighted by molar-refractivity contribution is 5.64. The van der Waals surface area contributed by atoms with Crippen molar-refractivity contribution in [2.75, 3.05) is 0 Å². The van der Waals surface area contributed by atoms with E-state index in [9.17, 15) is 26.3 Å². The van der Waals surface area contributed by atoms with E-state index in [0.717, 1.165) is 36.8 Å². The average Bonchev–Trinajstić information content (AvgIpc) is 3.08. The normalized spacial score (nSPS) is 23.3. The van der Waals surface area contributed by atoms with E-state index in [-0.39, 0.29) is 5.56 Å². The first kappa shape index (κ1) is 24.0. The Morgan fingerprint density at radius 1 is 0.743 bits per heavy atom. The molecule has 2 aromatic carbocycles. The number of allylic oxidation sites excluding steroid dienone is 3. The van der Waals surface area contributed by atoms with E-state index in [0.29, 0.717) is 17.6 Å². The molecule has 5 rings (SSSR count). The summed E-state index contributed by atoms with van der Waals surface area (Å²) in [5.74, 6) is -4.18. The van der Waals surface area contributed by atoms with Crippen LogP contribution in [0, 0.1) is 23.5 Å². The molecule has 0 spiro atoms. The number of rotatable bonds is 6. The summed E-state index contributed by atoms with van der Waals surface area (Å²) >= 11 is 0. The lowest BCUT2D eigenvalue weighted by molar-refractivity contribution is -0.228. The van der Waals surface area contributed by atoms with Crippen molar-refractivity contribution in [1.29, 1.82) is 0 Å². The molecule has 0 N–H and O–H groups in total. The maximum atomic E-state index is 14.6. The lowest BCUT2D eigenvalue weighted by Crippen LogP contribution is -2.25. The molecule has 3 aliphatic carbocycles. The molecule has 0 aromatic heterocycles. The van der Waals surface area contributed by atoms with Gasteiger partial charge in [0.25, 0.3) is 0 Å². The summed E-state index contributed by atoms with van der Waals surface area (Å²) in [6.45, 7) is 0. The summed E-state index contributed by atoms with van der Waals surface area (Å²) in [6.07, 6.45) is 3.97. The van der Waals surface area contributed by atoms with Gasteiger partial charge in [-0.1, -0.05) is 43.5 Å². The minimum atomic E-state index is -4.44. The van der Waals surface area contributed by atoms with Gasteiger partial charge < -0.3 is 4.74 Å². The molecule has 1 nitrogen and oxygen atoms in total. The summed E-state index contributed by atoms with van der Waals surface area (Å²) < 4.78 is 88.8. The van der Waals surface area contributed by atoms with Gasteiger partial charge in [-0.2, -0.15) is 8.78 Å². The van der Waals surface area contributed by atoms with Crippen molar-refractivity contribution in [2.45, 2.75) is 63.4 Å². The molecule has 0 aliphatic heterocycles. The zero-order valence-electron chi connectivity index (χ0n) is 19.1. The number of alkyl halides is 2. The van der Waals surface area contributed by atoms with Crippen molar-refractivity contribution < 1.29 is 31.1 Å². The molecule has 2 aromatic rings. The molecule has 186 valence electrons. The van der Waals surface area contributed by atoms with Gasteiger partial charge in [0.1, 0.15) is 28.8 Å². The average molecular weight is 493 g/mol. The van der Waals surface area contributed by atoms with E-state index in [1.165, 1.54) is 37.7 Å². The highest BCUT2D eigenvalue weighted by Gasteiger charge is 2.42. The third-order valence-corrected chi connectivity index (χ3v) is 7.77. The van der Waals surface area contributed by atoms with Gasteiger partial charge in [0, 0.05) is 6.08 Å². The minimum absolute atomic E-state index is 0.110. The van der Waals surface area contributed by atoms with Crippen LogP contribution in [0.25, 0.3) is 11.1 Å². The van der Waals surface area contributed by atoms with Crippen LogP contribution in [0.5, 0.6) is 0 Å². The van der Waals surface area contributed by atoms with Crippen LogP contribution in [0.3, 0.4) is 0 Å². The van der Waals surface area contributed by atoms with E-state index in [1.807, 2.05) is 12.1 Å². The van der Waals surface area contributed by atoms with Crippen LogP contribution in [-0.4, -0.2) is 0 Å². The lowest BCUT2D eigenvalue weighted by atomic mass is 9.67. The predicted octanol–water partition coefficient (Wildman–Crippen LogP) is 9.21. The minimum Gasteiger partial charge on any atom is -0.433 e. The molecule has 2 saturated carbocycles. The highest BCUT2D eigenvalue weighted by Crippen LogP contribution is 2.45. The van der Waals surface area contributed by atoms with Crippen molar-refractivity contribution in [1.82, 2.24) is 0 Å². The number of hydrogen-bond donors (Lipinski definition) is 0. The zero-order chi connectivity index (χ0) is 24.7. The maximum absolute atomic E-state index is 14.6. The molecule has 0 unspecified atom stereocenters. The first-order valence-electron chi connectivity index (χ1n) is 12.1. The van der Waals surface area contributed by atoms with Gasteiger partial charge in [-0.25, -0.2) is 17.6 Å². The van der Waals surface area contributed by atoms with Gasteiger partial charge in [-0.05, 0) is 72.3 Å². The van der Waals surface area contributed by atoms with Crippen LogP contribution in [0.4, 0.5) is 26.3 Å². The van der Waals surface area contributed by atoms with Gasteiger partial charge in [0.05, 0.1) is 6.42 Å². The Hall–Kier alpha value is -2.70. The second-order valence-corrected chi connectivity index (χ2v) is 9.90. The smallest absolute Gasteiger partial charge is 0.432 e. The van der Waals surface area contributed by atoms with Crippen LogP contribution in [0.2, 0.25) is 0 Å². The summed E-state index contributed by atoms with van der Waals surface area (Å²) in [7, 11) is 0. The molecule has 0 bridgehead atoms. The van der Waals surface area contributed by atoms with E-state index < -0.39 is 47.1 Å². The summed E-state index contributed by atoms with van der Waals surface area (Å²) in [6, 6.07) is 9.00. The monoisotopic (exact) mass is 492 g/mol. The van der Waals surface area contributed by atoms with Crippen molar-refractivity contribution in [3.05, 3.63) is 82.6 Å². The molecule has 0 radical (unpaired) electrons. The summed E-state index contributed by atoms with van der Waals surface area (Å²) in [5, 5.41) is 0. The lowest BCUT2D eigenvalue weighted by Gasteiger charge is -2.38. The second-order valence-electron chi connectivity index (χ2n) is 9.90. The largest absolute Gasteiger partial charge is 0.433 e. The first-order chi connectivity index (χ1) is 16.7. The van der Waals surface area contributed by atoms with Gasteiger partial charge in [0.2, 0.25) is 0 Å². The Morgan fingerprint density at radius 2 is 1.34 bits per heavy atom. The summed E-state index contributed by atoms with van der Waals surface area (Å²) in [4.78, 5) is 0. The van der Waals surface area contributed by atoms with E-state index in [2.05, 4.69) is 4.74 Å². The van der Waals surface area contributed by atoms with E-state index in [4.69, 9.17) is 0 Å². The number of ether oxygens (including phenoxy) is 1. The fraction of sp³-hybridized carbons (Fsp3) is 0.429. The molecule has 0 amide bonds. The standard InChI is InChI=1S/C28H26F6O/c29-23-14-22(15-24(23)30)35-28(33,34)27-25(31)12-21(13-26(27)32)20-10-8-19(9-11-20)18-6-4-17(5-7-18)16-2-1-3-16/h8-14,16-18H,1-7,15H2. The van der Waals surface area contributed by atoms with Crippen molar-refractivity contribution in [3.63, 3.8) is 0 Å². The van der Waals surface area contributed by atoms with Gasteiger partial charge in [-0.15, -0.1) is 0 Å². The van der Waals surface area contributed by atoms with Crippen LogP contribution in [0.15, 0.2) is 59.9 Å². The topological polar surface area (TPSA) is 9.23 Å². The quantitative estimate of drug-likeness (QED) is 0.365. The Kier molecular flexibility index (Phi) is 6.45. The van der Waals surface area contributed by atoms with Gasteiger partial charge in [-0.3, -0.25) is 0 Å². The van der Waals surface area contributed by atoms with Crippen LogP contribution >= 0.6 is 0 Å². The number of halogens is 6. The van der Waals surface area contributed by atoms with Crippen LogP contribution in [-0.2, 0) is 10.8 Å². The molecule has 35 heavy (non-hydrogen) atoms. The van der Waals surface area contributed by atoms with Gasteiger partial charge in [0.15, 0.2) is 5.83 Å². The molecule has 0 heterocycles. The highest BCUT2D eigenvalue weighted by atomic mass is 19.3. The molecule has 2 fully saturated rings. The second kappa shape index (κ2) is 9.40. The Morgan fingerprint density at radius 3 is 1.86 bits per heavy atom. The van der Waals surface area contributed by atoms with Crippen LogP contribution < -0.4 is 0 Å². The van der Waals surface area contributed by atoms with Crippen LogP contribution in [0.1, 0.15) is 68.4 Å². The molecule has 3 aliphatic rings. The molecule has 0 atom stereocenters. The predicted molar refractivity (Wildman–Crippen MR) is 121 cm³/mol. The van der Waals surface area contributed by atoms with E-state index >= 15 is 0 Å². The molecular formula is C28H26F6O. The fourth-order valence-corrected chi connectivity index (χ4v) is 5.59. The third kappa shape index (κ3) is 4.87.